The lowest BCUT2D eigenvalue weighted by Crippen LogP contribution is -2.27. The van der Waals surface area contributed by atoms with E-state index in [-0.39, 0.29) is 5.78 Å². The number of carboxylic acid groups (broad SMARTS) is 1. The number of nitrogens with zero attached hydrogens (tertiary/aromatic N) is 1. The van der Waals surface area contributed by atoms with Gasteiger partial charge in [0.2, 0.25) is 0 Å². The van der Waals surface area contributed by atoms with E-state index in [1.165, 1.54) is 11.3 Å². The molecule has 1 aliphatic rings. The first kappa shape index (κ1) is 14.6. The number of carbonyl (C=O) groups is 2. The maximum Gasteiger partial charge on any atom is 0.306 e. The second-order valence-corrected chi connectivity index (χ2v) is 5.65. The smallest absolute Gasteiger partial charge is 0.306 e. The largest absolute Gasteiger partial charge is 0.481 e. The van der Waals surface area contributed by atoms with E-state index in [2.05, 4.69) is 11.9 Å². The first-order valence-electron chi connectivity index (χ1n) is 7.03. The minimum Gasteiger partial charge on any atom is -0.481 e. The van der Waals surface area contributed by atoms with Crippen LogP contribution in [0.25, 0.3) is 0 Å². The highest BCUT2D eigenvalue weighted by atomic mass is 16.4. The second kappa shape index (κ2) is 5.65. The number of fused-ring (bicyclic) bond motifs is 1. The van der Waals surface area contributed by atoms with Crippen LogP contribution in [-0.2, 0) is 11.2 Å². The number of Topliss-reactive ketones (excluding diaryl/α,β-unsaturated/α-hetero) is 1. The molecule has 2 rings (SSSR count). The Morgan fingerprint density at radius 1 is 1.25 bits per heavy atom. The lowest BCUT2D eigenvalue weighted by atomic mass is 9.87. The molecule has 1 aromatic carbocycles. The molecule has 0 aromatic heterocycles. The van der Waals surface area contributed by atoms with Crippen molar-refractivity contribution in [1.29, 1.82) is 0 Å². The van der Waals surface area contributed by atoms with E-state index in [0.29, 0.717) is 5.56 Å². The van der Waals surface area contributed by atoms with Gasteiger partial charge in [-0.15, -0.1) is 0 Å². The number of hydrogen-bond acceptors (Lipinski definition) is 3. The topological polar surface area (TPSA) is 57.6 Å². The normalized spacial score (nSPS) is 17.2. The van der Waals surface area contributed by atoms with Crippen molar-refractivity contribution in [3.05, 3.63) is 29.3 Å². The molecule has 0 amide bonds. The third-order valence-electron chi connectivity index (χ3n) is 4.27. The molecular weight excluding hydrogens is 254 g/mol. The van der Waals surface area contributed by atoms with Crippen LogP contribution in [0.15, 0.2) is 18.2 Å². The number of carbonyl (C=O) groups excluding carboxylic acids is 1. The summed E-state index contributed by atoms with van der Waals surface area (Å²) in [7, 11) is 2.05. The number of aryl methyl sites for hydroxylation is 1. The Morgan fingerprint density at radius 3 is 2.60 bits per heavy atom. The van der Waals surface area contributed by atoms with E-state index in [1.54, 1.807) is 13.8 Å². The van der Waals surface area contributed by atoms with Crippen molar-refractivity contribution in [2.45, 2.75) is 26.7 Å². The first-order valence-corrected chi connectivity index (χ1v) is 7.03. The second-order valence-electron chi connectivity index (χ2n) is 5.65. The molecule has 20 heavy (non-hydrogen) atoms. The Labute approximate surface area is 119 Å². The van der Waals surface area contributed by atoms with E-state index in [9.17, 15) is 9.59 Å². The summed E-state index contributed by atoms with van der Waals surface area (Å²) in [5.74, 6) is -2.19. The van der Waals surface area contributed by atoms with E-state index in [0.717, 1.165) is 19.4 Å². The van der Waals surface area contributed by atoms with Crippen LogP contribution in [0.3, 0.4) is 0 Å². The van der Waals surface area contributed by atoms with E-state index < -0.39 is 17.8 Å². The van der Waals surface area contributed by atoms with Crippen LogP contribution in [0.5, 0.6) is 0 Å². The van der Waals surface area contributed by atoms with Gasteiger partial charge in [-0.1, -0.05) is 13.8 Å². The van der Waals surface area contributed by atoms with Gasteiger partial charge in [0.1, 0.15) is 0 Å². The molecule has 0 saturated carbocycles. The molecular formula is C16H21NO3. The van der Waals surface area contributed by atoms with E-state index in [1.807, 2.05) is 18.2 Å². The number of rotatable bonds is 4. The average molecular weight is 275 g/mol. The Bertz CT molecular complexity index is 539. The average Bonchev–Trinajstić information content (AvgIpc) is 2.44. The zero-order valence-corrected chi connectivity index (χ0v) is 12.2. The molecule has 4 nitrogen and oxygen atoms in total. The highest BCUT2D eigenvalue weighted by Gasteiger charge is 2.27. The zero-order valence-electron chi connectivity index (χ0n) is 12.2. The number of aliphatic carboxylic acids is 1. The zero-order chi connectivity index (χ0) is 14.9. The van der Waals surface area contributed by atoms with Crippen molar-refractivity contribution in [3.63, 3.8) is 0 Å². The molecule has 1 aliphatic heterocycles. The van der Waals surface area contributed by atoms with Gasteiger partial charge in [0.15, 0.2) is 5.78 Å². The summed E-state index contributed by atoms with van der Waals surface area (Å²) in [6, 6.07) is 5.71. The van der Waals surface area contributed by atoms with Crippen molar-refractivity contribution < 1.29 is 14.7 Å². The van der Waals surface area contributed by atoms with Gasteiger partial charge in [0, 0.05) is 30.8 Å². The Morgan fingerprint density at radius 2 is 1.95 bits per heavy atom. The lowest BCUT2D eigenvalue weighted by Gasteiger charge is -2.28. The van der Waals surface area contributed by atoms with E-state index in [4.69, 9.17) is 5.11 Å². The quantitative estimate of drug-likeness (QED) is 0.858. The SMILES string of the molecule is CC(C(=O)O)C(C)C(=O)c1ccc2c(c1)CCCN2C. The fourth-order valence-corrected chi connectivity index (χ4v) is 2.64. The molecule has 108 valence electrons. The van der Waals surface area contributed by atoms with Gasteiger partial charge >= 0.3 is 5.97 Å². The van der Waals surface area contributed by atoms with Gasteiger partial charge in [0.25, 0.3) is 0 Å². The van der Waals surface area contributed by atoms with Crippen molar-refractivity contribution in [2.75, 3.05) is 18.5 Å². The number of ketones is 1. The third-order valence-corrected chi connectivity index (χ3v) is 4.27. The summed E-state index contributed by atoms with van der Waals surface area (Å²) in [4.78, 5) is 25.6. The molecule has 1 N–H and O–H groups in total. The van der Waals surface area contributed by atoms with Crippen molar-refractivity contribution in [3.8, 4) is 0 Å². The van der Waals surface area contributed by atoms with E-state index >= 15 is 0 Å². The van der Waals surface area contributed by atoms with Gasteiger partial charge < -0.3 is 10.0 Å². The van der Waals surface area contributed by atoms with Crippen LogP contribution in [0.1, 0.15) is 36.2 Å². The molecule has 0 radical (unpaired) electrons. The Hall–Kier alpha value is -1.84. The van der Waals surface area contributed by atoms with Gasteiger partial charge in [-0.2, -0.15) is 0 Å². The van der Waals surface area contributed by atoms with Crippen molar-refractivity contribution in [2.24, 2.45) is 11.8 Å². The number of benzene rings is 1. The molecule has 1 aromatic rings. The molecule has 0 spiro atoms. The summed E-state index contributed by atoms with van der Waals surface area (Å²) >= 11 is 0. The summed E-state index contributed by atoms with van der Waals surface area (Å²) in [6.45, 7) is 4.30. The summed E-state index contributed by atoms with van der Waals surface area (Å²) < 4.78 is 0. The van der Waals surface area contributed by atoms with Gasteiger partial charge in [-0.05, 0) is 36.6 Å². The fourth-order valence-electron chi connectivity index (χ4n) is 2.64. The minimum absolute atomic E-state index is 0.0871. The Balaban J connectivity index is 2.25. The van der Waals surface area contributed by atoms with Crippen molar-refractivity contribution >= 4 is 17.4 Å². The number of hydrogen-bond donors (Lipinski definition) is 1. The Kier molecular flexibility index (Phi) is 4.12. The number of carboxylic acids is 1. The predicted molar refractivity (Wildman–Crippen MR) is 78.3 cm³/mol. The third kappa shape index (κ3) is 2.69. The van der Waals surface area contributed by atoms with Crippen LogP contribution in [0.2, 0.25) is 0 Å². The maximum atomic E-state index is 12.4. The highest BCUT2D eigenvalue weighted by Crippen LogP contribution is 2.28. The van der Waals surface area contributed by atoms with Gasteiger partial charge in [0.05, 0.1) is 5.92 Å². The standard InChI is InChI=1S/C16H21NO3/c1-10(11(2)16(19)20)15(18)13-6-7-14-12(9-13)5-4-8-17(14)3/h6-7,9-11H,4-5,8H2,1-3H3,(H,19,20). The molecule has 4 heteroatoms. The van der Waals surface area contributed by atoms with Crippen LogP contribution >= 0.6 is 0 Å². The molecule has 0 aliphatic carbocycles. The van der Waals surface area contributed by atoms with Crippen LogP contribution in [0, 0.1) is 11.8 Å². The molecule has 2 atom stereocenters. The van der Waals surface area contributed by atoms with Gasteiger partial charge in [-0.25, -0.2) is 0 Å². The first-order chi connectivity index (χ1) is 9.41. The lowest BCUT2D eigenvalue weighted by molar-refractivity contribution is -0.142. The maximum absolute atomic E-state index is 12.4. The van der Waals surface area contributed by atoms with Crippen molar-refractivity contribution in [1.82, 2.24) is 0 Å². The van der Waals surface area contributed by atoms with Gasteiger partial charge in [-0.3, -0.25) is 9.59 Å². The molecule has 1 heterocycles. The fraction of sp³-hybridized carbons (Fsp3) is 0.500. The highest BCUT2D eigenvalue weighted by molar-refractivity contribution is 6.00. The minimum atomic E-state index is -0.927. The summed E-state index contributed by atoms with van der Waals surface area (Å²) in [6.07, 6.45) is 2.06. The summed E-state index contributed by atoms with van der Waals surface area (Å²) in [5, 5.41) is 9.02. The molecule has 2 unspecified atom stereocenters. The predicted octanol–water partition coefficient (Wildman–Crippen LogP) is 2.61. The summed E-state index contributed by atoms with van der Waals surface area (Å²) in [5.41, 5.74) is 2.98. The monoisotopic (exact) mass is 275 g/mol. The van der Waals surface area contributed by atoms with Crippen LogP contribution < -0.4 is 4.90 Å². The molecule has 0 fully saturated rings. The van der Waals surface area contributed by atoms with Crippen LogP contribution in [-0.4, -0.2) is 30.5 Å². The van der Waals surface area contributed by atoms with Crippen LogP contribution in [0.4, 0.5) is 5.69 Å². The number of anilines is 1. The molecule has 0 bridgehead atoms. The molecule has 0 saturated heterocycles.